The quantitative estimate of drug-likeness (QED) is 0.418. The van der Waals surface area contributed by atoms with Crippen LogP contribution in [0.5, 0.6) is 5.75 Å². The maximum absolute atomic E-state index is 14.8. The molecule has 0 aliphatic heterocycles. The van der Waals surface area contributed by atoms with Gasteiger partial charge in [0.25, 0.3) is 0 Å². The highest BCUT2D eigenvalue weighted by Crippen LogP contribution is 2.44. The van der Waals surface area contributed by atoms with E-state index < -0.39 is 17.4 Å². The molecular weight excluding hydrogens is 331 g/mol. The van der Waals surface area contributed by atoms with E-state index in [1.807, 2.05) is 12.1 Å². The number of ether oxygens (including phenoxy) is 2. The van der Waals surface area contributed by atoms with Crippen LogP contribution in [0.4, 0.5) is 4.39 Å². The molecule has 1 aromatic rings. The van der Waals surface area contributed by atoms with Crippen LogP contribution in [-0.4, -0.2) is 18.2 Å². The number of allylic oxidation sites excluding steroid dienone is 1. The van der Waals surface area contributed by atoms with Crippen molar-refractivity contribution < 1.29 is 18.7 Å². The fourth-order valence-electron chi connectivity index (χ4n) is 2.86. The Morgan fingerprint density at radius 3 is 2.46 bits per heavy atom. The van der Waals surface area contributed by atoms with E-state index in [2.05, 4.69) is 20.4 Å². The number of rotatable bonds is 8. The standard InChI is InChI=1S/C22H31FO3/c1-7-11-22(6,8-2)14-25-16-12-17(15-9-10-15)19(18(23)13-16)20(24)26-21(3,4)5/h7,12-13,15H,1,8-11,14H2,2-6H3. The molecule has 3 nitrogen and oxygen atoms in total. The van der Waals surface area contributed by atoms with Gasteiger partial charge in [-0.3, -0.25) is 0 Å². The monoisotopic (exact) mass is 362 g/mol. The van der Waals surface area contributed by atoms with Gasteiger partial charge in [0.15, 0.2) is 0 Å². The molecule has 0 bridgehead atoms. The summed E-state index contributed by atoms with van der Waals surface area (Å²) >= 11 is 0. The van der Waals surface area contributed by atoms with Crippen molar-refractivity contribution in [3.05, 3.63) is 41.7 Å². The second kappa shape index (κ2) is 7.81. The Balaban J connectivity index is 2.26. The molecule has 2 rings (SSSR count). The number of esters is 1. The van der Waals surface area contributed by atoms with Gasteiger partial charge in [0.05, 0.1) is 12.2 Å². The van der Waals surface area contributed by atoms with E-state index in [0.29, 0.717) is 17.9 Å². The molecule has 26 heavy (non-hydrogen) atoms. The lowest BCUT2D eigenvalue weighted by molar-refractivity contribution is 0.00632. The Morgan fingerprint density at radius 2 is 1.96 bits per heavy atom. The van der Waals surface area contributed by atoms with Gasteiger partial charge in [-0.2, -0.15) is 0 Å². The summed E-state index contributed by atoms with van der Waals surface area (Å²) in [5.41, 5.74) is 0.0601. The van der Waals surface area contributed by atoms with Gasteiger partial charge in [-0.25, -0.2) is 9.18 Å². The highest BCUT2D eigenvalue weighted by atomic mass is 19.1. The summed E-state index contributed by atoms with van der Waals surface area (Å²) in [4.78, 5) is 12.5. The van der Waals surface area contributed by atoms with Crippen molar-refractivity contribution >= 4 is 5.97 Å². The van der Waals surface area contributed by atoms with Gasteiger partial charge in [0.2, 0.25) is 0 Å². The lowest BCUT2D eigenvalue weighted by atomic mass is 9.85. The van der Waals surface area contributed by atoms with Crippen LogP contribution in [0, 0.1) is 11.2 Å². The third-order valence-corrected chi connectivity index (χ3v) is 4.79. The van der Waals surface area contributed by atoms with Crippen LogP contribution < -0.4 is 4.74 Å². The Bertz CT molecular complexity index is 671. The molecule has 144 valence electrons. The average molecular weight is 362 g/mol. The molecule has 0 radical (unpaired) electrons. The first-order valence-electron chi connectivity index (χ1n) is 9.39. The molecule has 1 aliphatic carbocycles. The lowest BCUT2D eigenvalue weighted by Gasteiger charge is -2.27. The van der Waals surface area contributed by atoms with Gasteiger partial charge in [-0.05, 0) is 64.0 Å². The molecule has 1 aromatic carbocycles. The molecule has 1 atom stereocenters. The fourth-order valence-corrected chi connectivity index (χ4v) is 2.86. The van der Waals surface area contributed by atoms with Crippen molar-refractivity contribution in [3.63, 3.8) is 0 Å². The first kappa shape index (κ1) is 20.5. The Kier molecular flexibility index (Phi) is 6.15. The van der Waals surface area contributed by atoms with E-state index >= 15 is 0 Å². The first-order chi connectivity index (χ1) is 12.1. The van der Waals surface area contributed by atoms with Crippen molar-refractivity contribution in [1.29, 1.82) is 0 Å². The van der Waals surface area contributed by atoms with Gasteiger partial charge in [0.1, 0.15) is 17.2 Å². The Hall–Kier alpha value is -1.84. The van der Waals surface area contributed by atoms with Crippen LogP contribution in [0.1, 0.15) is 82.1 Å². The van der Waals surface area contributed by atoms with Crippen molar-refractivity contribution in [1.82, 2.24) is 0 Å². The third kappa shape index (κ3) is 5.33. The normalized spacial score (nSPS) is 16.7. The summed E-state index contributed by atoms with van der Waals surface area (Å²) in [6, 6.07) is 3.11. The zero-order valence-corrected chi connectivity index (χ0v) is 16.7. The van der Waals surface area contributed by atoms with Crippen LogP contribution in [0.25, 0.3) is 0 Å². The van der Waals surface area contributed by atoms with Crippen molar-refractivity contribution in [2.45, 2.75) is 71.8 Å². The second-order valence-electron chi connectivity index (χ2n) is 8.59. The summed E-state index contributed by atoms with van der Waals surface area (Å²) in [6.45, 7) is 13.9. The summed E-state index contributed by atoms with van der Waals surface area (Å²) in [6.07, 6.45) is 5.57. The maximum Gasteiger partial charge on any atom is 0.341 e. The fraction of sp³-hybridized carbons (Fsp3) is 0.591. The predicted octanol–water partition coefficient (Wildman–Crippen LogP) is 6.03. The van der Waals surface area contributed by atoms with E-state index in [1.165, 1.54) is 6.07 Å². The number of hydrogen-bond acceptors (Lipinski definition) is 3. The van der Waals surface area contributed by atoms with Gasteiger partial charge in [0, 0.05) is 11.5 Å². The number of carbonyl (C=O) groups is 1. The van der Waals surface area contributed by atoms with E-state index in [0.717, 1.165) is 25.7 Å². The molecule has 0 N–H and O–H groups in total. The van der Waals surface area contributed by atoms with Crippen LogP contribution >= 0.6 is 0 Å². The van der Waals surface area contributed by atoms with E-state index in [1.54, 1.807) is 20.8 Å². The van der Waals surface area contributed by atoms with E-state index in [-0.39, 0.29) is 16.9 Å². The van der Waals surface area contributed by atoms with Gasteiger partial charge < -0.3 is 9.47 Å². The minimum Gasteiger partial charge on any atom is -0.493 e. The molecule has 0 spiro atoms. The highest BCUT2D eigenvalue weighted by Gasteiger charge is 2.33. The lowest BCUT2D eigenvalue weighted by Crippen LogP contribution is -2.26. The average Bonchev–Trinajstić information content (AvgIpc) is 3.35. The summed E-state index contributed by atoms with van der Waals surface area (Å²) < 4.78 is 26.1. The predicted molar refractivity (Wildman–Crippen MR) is 102 cm³/mol. The molecule has 0 saturated heterocycles. The third-order valence-electron chi connectivity index (χ3n) is 4.79. The van der Waals surface area contributed by atoms with Gasteiger partial charge in [-0.15, -0.1) is 6.58 Å². The van der Waals surface area contributed by atoms with Gasteiger partial charge in [-0.1, -0.05) is 19.9 Å². The molecular formula is C22H31FO3. The minimum absolute atomic E-state index is 0.0399. The molecule has 1 fully saturated rings. The molecule has 1 aliphatic rings. The molecule has 1 saturated carbocycles. The van der Waals surface area contributed by atoms with Crippen molar-refractivity contribution in [3.8, 4) is 5.75 Å². The number of hydrogen-bond donors (Lipinski definition) is 0. The molecule has 4 heteroatoms. The molecule has 0 heterocycles. The van der Waals surface area contributed by atoms with Crippen LogP contribution in [0.2, 0.25) is 0 Å². The molecule has 0 aromatic heterocycles. The summed E-state index contributed by atoms with van der Waals surface area (Å²) in [5.74, 6) is -0.490. The second-order valence-corrected chi connectivity index (χ2v) is 8.59. The van der Waals surface area contributed by atoms with Crippen LogP contribution in [-0.2, 0) is 4.74 Å². The largest absolute Gasteiger partial charge is 0.493 e. The Labute approximate surface area is 156 Å². The number of halogens is 1. The van der Waals surface area contributed by atoms with Crippen LogP contribution in [0.15, 0.2) is 24.8 Å². The highest BCUT2D eigenvalue weighted by molar-refractivity contribution is 5.92. The maximum atomic E-state index is 14.8. The van der Waals surface area contributed by atoms with E-state index in [9.17, 15) is 9.18 Å². The first-order valence-corrected chi connectivity index (χ1v) is 9.39. The zero-order chi connectivity index (χ0) is 19.5. The number of carbonyl (C=O) groups excluding carboxylic acids is 1. The van der Waals surface area contributed by atoms with Crippen LogP contribution in [0.3, 0.4) is 0 Å². The number of benzene rings is 1. The molecule has 1 unspecified atom stereocenters. The molecule has 0 amide bonds. The SMILES string of the molecule is C=CCC(C)(CC)COc1cc(F)c(C(=O)OC(C)(C)C)c(C2CC2)c1. The Morgan fingerprint density at radius 1 is 1.31 bits per heavy atom. The zero-order valence-electron chi connectivity index (χ0n) is 16.7. The van der Waals surface area contributed by atoms with Crippen molar-refractivity contribution in [2.75, 3.05) is 6.61 Å². The minimum atomic E-state index is -0.660. The summed E-state index contributed by atoms with van der Waals surface area (Å²) in [5, 5.41) is 0. The topological polar surface area (TPSA) is 35.5 Å². The van der Waals surface area contributed by atoms with Gasteiger partial charge >= 0.3 is 5.97 Å². The van der Waals surface area contributed by atoms with E-state index in [4.69, 9.17) is 9.47 Å². The summed E-state index contributed by atoms with van der Waals surface area (Å²) in [7, 11) is 0. The van der Waals surface area contributed by atoms with Crippen molar-refractivity contribution in [2.24, 2.45) is 5.41 Å². The smallest absolute Gasteiger partial charge is 0.341 e.